The number of hydrogen-bond donors (Lipinski definition) is 2. The fraction of sp³-hybridized carbons (Fsp3) is 0.667. The Morgan fingerprint density at radius 3 is 1.75 bits per heavy atom. The average molecular weight is 487 g/mol. The summed E-state index contributed by atoms with van der Waals surface area (Å²) in [6, 6.07) is 0. The van der Waals surface area contributed by atoms with Crippen LogP contribution in [0.1, 0.15) is 59.3 Å². The number of allylic oxidation sites excluding steroid dienone is 2. The minimum atomic E-state index is -3.66. The maximum atomic E-state index is 11.8. The zero-order valence-electron chi connectivity index (χ0n) is 19.5. The predicted octanol–water partition coefficient (Wildman–Crippen LogP) is 3.12. The maximum absolute atomic E-state index is 11.8. The standard InChI is InChI=1S/C18H28O6.C3H7O3S.Na/c1-4-7-8-9-12-18(17(21)22,13-23-15(19)10-5-2)14-24-16(20)11-6-3;1-2-3-7(4,5)6;/h5-6,10-11H,4,7-9,12-14H2,1-3H3,(H,21,22);1-3H2,(H,4,5,6);. The second kappa shape index (κ2) is 19.3. The number of hydrogen-bond acceptors (Lipinski definition) is 7. The van der Waals surface area contributed by atoms with Gasteiger partial charge >= 0.3 is 84.8 Å². The van der Waals surface area contributed by atoms with Crippen molar-refractivity contribution in [2.24, 2.45) is 5.41 Å². The van der Waals surface area contributed by atoms with Crippen LogP contribution in [0.3, 0.4) is 0 Å². The van der Waals surface area contributed by atoms with Crippen LogP contribution < -0.4 is 0 Å². The zero-order valence-corrected chi connectivity index (χ0v) is 22.4. The molecule has 0 aromatic rings. The number of carbonyl (C=O) groups excluding carboxylic acids is 2. The van der Waals surface area contributed by atoms with Gasteiger partial charge in [-0.1, -0.05) is 44.8 Å². The van der Waals surface area contributed by atoms with Crippen molar-refractivity contribution in [1.82, 2.24) is 0 Å². The molecule has 0 aliphatic carbocycles. The Hall–Kier alpha value is -1.20. The van der Waals surface area contributed by atoms with Crippen LogP contribution in [-0.2, 0) is 34.0 Å². The molecule has 9 nitrogen and oxygen atoms in total. The van der Waals surface area contributed by atoms with Gasteiger partial charge < -0.3 is 14.6 Å². The monoisotopic (exact) mass is 486 g/mol. The topological polar surface area (TPSA) is 144 Å². The molecule has 0 aromatic heterocycles. The minimum absolute atomic E-state index is 0.0729. The summed E-state index contributed by atoms with van der Waals surface area (Å²) in [6.07, 6.45) is 9.87. The quantitative estimate of drug-likeness (QED) is 0.117. The van der Waals surface area contributed by atoms with Crippen molar-refractivity contribution >= 4 is 56.0 Å². The molecule has 2 N–H and O–H groups in total. The van der Waals surface area contributed by atoms with E-state index < -0.39 is 33.4 Å². The first-order chi connectivity index (χ1) is 15.0. The van der Waals surface area contributed by atoms with Crippen molar-refractivity contribution < 1.29 is 41.9 Å². The number of esters is 2. The Balaban J connectivity index is 0. The first kappa shape index (κ1) is 33.0. The Labute approximate surface area is 208 Å². The molecule has 0 spiro atoms. The fourth-order valence-electron chi connectivity index (χ4n) is 2.42. The number of carboxylic acid groups (broad SMARTS) is 1. The molecule has 0 aliphatic rings. The van der Waals surface area contributed by atoms with Gasteiger partial charge in [-0.05, 0) is 20.3 Å². The van der Waals surface area contributed by atoms with Crippen molar-refractivity contribution in [3.63, 3.8) is 0 Å². The van der Waals surface area contributed by atoms with E-state index in [-0.39, 0.29) is 25.4 Å². The molecule has 11 heteroatoms. The van der Waals surface area contributed by atoms with E-state index in [1.807, 2.05) is 0 Å². The van der Waals surface area contributed by atoms with Gasteiger partial charge in [-0.25, -0.2) is 9.59 Å². The van der Waals surface area contributed by atoms with Gasteiger partial charge in [0.15, 0.2) is 0 Å². The van der Waals surface area contributed by atoms with E-state index in [1.165, 1.54) is 24.3 Å². The summed E-state index contributed by atoms with van der Waals surface area (Å²) in [5.41, 5.74) is -1.43. The van der Waals surface area contributed by atoms with Crippen molar-refractivity contribution in [2.45, 2.75) is 63.0 Å². The van der Waals surface area contributed by atoms with Gasteiger partial charge in [-0.2, -0.15) is 0 Å². The third kappa shape index (κ3) is 18.4. The molecular weight excluding hydrogens is 451 g/mol. The van der Waals surface area contributed by atoms with Crippen LogP contribution in [0, 0.1) is 5.41 Å². The molecule has 0 fully saturated rings. The first-order valence-electron chi connectivity index (χ1n) is 10.7. The van der Waals surface area contributed by atoms with Crippen LogP contribution in [0.5, 0.6) is 0 Å². The Morgan fingerprint density at radius 1 is 0.938 bits per heavy atom. The molecule has 0 heterocycles. The van der Waals surface area contributed by atoms with Crippen LogP contribution in [-0.4, -0.2) is 82.9 Å². The molecular formula is C21H35NaO9S. The van der Waals surface area contributed by atoms with Crippen LogP contribution >= 0.6 is 0 Å². The number of rotatable bonds is 15. The number of carboxylic acids is 1. The Bertz CT molecular complexity index is 687. The van der Waals surface area contributed by atoms with Crippen LogP contribution in [0.15, 0.2) is 24.3 Å². The molecule has 32 heavy (non-hydrogen) atoms. The predicted molar refractivity (Wildman–Crippen MR) is 122 cm³/mol. The van der Waals surface area contributed by atoms with E-state index in [0.717, 1.165) is 50.9 Å². The van der Waals surface area contributed by atoms with Crippen molar-refractivity contribution in [2.75, 3.05) is 19.0 Å². The van der Waals surface area contributed by atoms with Gasteiger partial charge in [0.2, 0.25) is 0 Å². The summed E-state index contributed by atoms with van der Waals surface area (Å²) in [6.45, 7) is 4.72. The van der Waals surface area contributed by atoms with E-state index in [9.17, 15) is 27.9 Å². The molecule has 0 atom stereocenters. The summed E-state index contributed by atoms with van der Waals surface area (Å²) in [4.78, 5) is 34.8. The molecule has 0 rings (SSSR count). The van der Waals surface area contributed by atoms with Gasteiger partial charge in [0, 0.05) is 12.2 Å². The summed E-state index contributed by atoms with van der Waals surface area (Å²) in [7, 11) is -3.66. The number of unbranched alkanes of at least 4 members (excludes halogenated alkanes) is 3. The SMILES string of the molecule is CC=CC(=O)OCC(CCCCCC)(COC(=O)C=CC)C(=O)O.O=S(=O)(O)CC[CH2][Na]. The zero-order chi connectivity index (χ0) is 25.0. The third-order valence-electron chi connectivity index (χ3n) is 4.31. The number of ether oxygens (including phenoxy) is 2. The van der Waals surface area contributed by atoms with Crippen molar-refractivity contribution in [1.29, 1.82) is 0 Å². The number of aliphatic carboxylic acids is 1. The van der Waals surface area contributed by atoms with Crippen LogP contribution in [0.4, 0.5) is 0 Å². The molecule has 0 amide bonds. The molecule has 0 saturated heterocycles. The summed E-state index contributed by atoms with van der Waals surface area (Å²) < 4.78 is 39.1. The van der Waals surface area contributed by atoms with Gasteiger partial charge in [0.05, 0.1) is 0 Å². The molecule has 180 valence electrons. The molecule has 0 unspecified atom stereocenters. The van der Waals surface area contributed by atoms with Gasteiger partial charge in [0.1, 0.15) is 18.6 Å². The molecule has 0 saturated carbocycles. The molecule has 0 radical (unpaired) electrons. The average Bonchev–Trinajstić information content (AvgIpc) is 2.71. The molecule has 0 aliphatic heterocycles. The second-order valence-corrected chi connectivity index (χ2v) is 9.82. The van der Waals surface area contributed by atoms with Crippen molar-refractivity contribution in [3.8, 4) is 0 Å². The normalized spacial score (nSPS) is 13.3. The van der Waals surface area contributed by atoms with E-state index in [1.54, 1.807) is 13.8 Å². The Morgan fingerprint density at radius 2 is 1.44 bits per heavy atom. The molecule has 0 aromatic carbocycles. The molecule has 0 bridgehead atoms. The van der Waals surface area contributed by atoms with Gasteiger partial charge in [-0.3, -0.25) is 4.79 Å². The van der Waals surface area contributed by atoms with E-state index in [2.05, 4.69) is 6.92 Å². The van der Waals surface area contributed by atoms with Gasteiger partial charge in [-0.15, -0.1) is 0 Å². The van der Waals surface area contributed by atoms with Gasteiger partial charge in [0.25, 0.3) is 0 Å². The summed E-state index contributed by atoms with van der Waals surface area (Å²) >= 11 is 1.01. The van der Waals surface area contributed by atoms with E-state index >= 15 is 0 Å². The third-order valence-corrected chi connectivity index (χ3v) is 5.82. The number of carbonyl (C=O) groups is 3. The Kier molecular flexibility index (Phi) is 19.9. The van der Waals surface area contributed by atoms with E-state index in [4.69, 9.17) is 14.0 Å². The van der Waals surface area contributed by atoms with Crippen LogP contribution in [0.25, 0.3) is 0 Å². The second-order valence-electron chi connectivity index (χ2n) is 7.25. The van der Waals surface area contributed by atoms with Crippen molar-refractivity contribution in [3.05, 3.63) is 24.3 Å². The van der Waals surface area contributed by atoms with Crippen LogP contribution in [0.2, 0.25) is 3.67 Å². The summed E-state index contributed by atoms with van der Waals surface area (Å²) in [5, 5.41) is 9.65. The summed E-state index contributed by atoms with van der Waals surface area (Å²) in [5.74, 6) is -2.44. The van der Waals surface area contributed by atoms with E-state index in [0.29, 0.717) is 12.8 Å². The fourth-order valence-corrected chi connectivity index (χ4v) is 3.94. The first-order valence-corrected chi connectivity index (χ1v) is 13.8.